The summed E-state index contributed by atoms with van der Waals surface area (Å²) in [5.41, 5.74) is 1.45. The number of methoxy groups -OCH3 is 1. The van der Waals surface area contributed by atoms with Gasteiger partial charge < -0.3 is 4.74 Å². The van der Waals surface area contributed by atoms with Crippen LogP contribution in [0.1, 0.15) is 44.3 Å². The van der Waals surface area contributed by atoms with Crippen LogP contribution in [0.3, 0.4) is 0 Å². The summed E-state index contributed by atoms with van der Waals surface area (Å²) in [6.07, 6.45) is 8.29. The molecule has 0 atom stereocenters. The Kier molecular flexibility index (Phi) is 4.32. The van der Waals surface area contributed by atoms with Gasteiger partial charge in [-0.15, -0.1) is 10.2 Å². The predicted molar refractivity (Wildman–Crippen MR) is 104 cm³/mol. The molecule has 4 fully saturated rings. The molecule has 5 heteroatoms. The van der Waals surface area contributed by atoms with Gasteiger partial charge in [0.1, 0.15) is 5.82 Å². The van der Waals surface area contributed by atoms with E-state index >= 15 is 0 Å². The standard InChI is InChI=1S/C21H27N3OS/c1-25-7-8-26-20-23-22-19(24(20)18-5-3-2-4-6-18)21-12-15-9-16(13-21)11-17(10-15)14-21/h2-6,15-17H,7-14H2,1H3. The van der Waals surface area contributed by atoms with Gasteiger partial charge in [0.25, 0.3) is 0 Å². The minimum atomic E-state index is 0.248. The zero-order valence-corrected chi connectivity index (χ0v) is 16.3. The normalized spacial score (nSPS) is 32.3. The van der Waals surface area contributed by atoms with Crippen LogP contribution in [0.4, 0.5) is 0 Å². The van der Waals surface area contributed by atoms with E-state index in [0.717, 1.165) is 35.3 Å². The number of ether oxygens (including phenoxy) is 1. The lowest BCUT2D eigenvalue weighted by Gasteiger charge is -2.56. The van der Waals surface area contributed by atoms with Crippen LogP contribution in [-0.2, 0) is 10.2 Å². The second kappa shape index (κ2) is 6.68. The Bertz CT molecular complexity index is 738. The molecule has 0 radical (unpaired) electrons. The molecule has 0 unspecified atom stereocenters. The highest BCUT2D eigenvalue weighted by Crippen LogP contribution is 2.60. The molecule has 4 saturated carbocycles. The fourth-order valence-electron chi connectivity index (χ4n) is 6.12. The van der Waals surface area contributed by atoms with E-state index in [9.17, 15) is 0 Å². The molecule has 0 amide bonds. The molecule has 1 aromatic carbocycles. The zero-order valence-electron chi connectivity index (χ0n) is 15.4. The number of hydrogen-bond acceptors (Lipinski definition) is 4. The smallest absolute Gasteiger partial charge is 0.195 e. The van der Waals surface area contributed by atoms with Crippen molar-refractivity contribution in [1.82, 2.24) is 14.8 Å². The van der Waals surface area contributed by atoms with Crippen LogP contribution in [0, 0.1) is 17.8 Å². The minimum Gasteiger partial charge on any atom is -0.384 e. The molecule has 6 rings (SSSR count). The van der Waals surface area contributed by atoms with Crippen molar-refractivity contribution < 1.29 is 4.74 Å². The molecule has 0 N–H and O–H groups in total. The molecular weight excluding hydrogens is 342 g/mol. The lowest BCUT2D eigenvalue weighted by atomic mass is 9.49. The third-order valence-electron chi connectivity index (χ3n) is 6.68. The van der Waals surface area contributed by atoms with Gasteiger partial charge >= 0.3 is 0 Å². The first-order valence-electron chi connectivity index (χ1n) is 9.90. The number of aromatic nitrogens is 3. The third-order valence-corrected chi connectivity index (χ3v) is 7.57. The van der Waals surface area contributed by atoms with Crippen LogP contribution in [0.5, 0.6) is 0 Å². The Labute approximate surface area is 159 Å². The molecule has 4 nitrogen and oxygen atoms in total. The molecule has 2 aromatic rings. The first kappa shape index (κ1) is 16.8. The highest BCUT2D eigenvalue weighted by molar-refractivity contribution is 7.99. The van der Waals surface area contributed by atoms with Crippen LogP contribution in [0.2, 0.25) is 0 Å². The van der Waals surface area contributed by atoms with Crippen LogP contribution >= 0.6 is 11.8 Å². The fourth-order valence-corrected chi connectivity index (χ4v) is 6.97. The summed E-state index contributed by atoms with van der Waals surface area (Å²) >= 11 is 1.76. The van der Waals surface area contributed by atoms with E-state index in [1.807, 2.05) is 0 Å². The van der Waals surface area contributed by atoms with E-state index in [-0.39, 0.29) is 5.41 Å². The van der Waals surface area contributed by atoms with E-state index in [1.165, 1.54) is 50.0 Å². The highest BCUT2D eigenvalue weighted by atomic mass is 32.2. The number of para-hydroxylation sites is 1. The minimum absolute atomic E-state index is 0.248. The van der Waals surface area contributed by atoms with Gasteiger partial charge in [-0.1, -0.05) is 30.0 Å². The van der Waals surface area contributed by atoms with Crippen molar-refractivity contribution in [3.05, 3.63) is 36.2 Å². The Morgan fingerprint density at radius 1 is 1.04 bits per heavy atom. The van der Waals surface area contributed by atoms with Gasteiger partial charge in [-0.3, -0.25) is 4.57 Å². The van der Waals surface area contributed by atoms with E-state index in [2.05, 4.69) is 40.0 Å². The van der Waals surface area contributed by atoms with Crippen LogP contribution in [0.15, 0.2) is 35.5 Å². The second-order valence-corrected chi connectivity index (χ2v) is 9.58. The Hall–Kier alpha value is -1.33. The Morgan fingerprint density at radius 2 is 1.69 bits per heavy atom. The van der Waals surface area contributed by atoms with E-state index in [1.54, 1.807) is 18.9 Å². The molecule has 26 heavy (non-hydrogen) atoms. The largest absolute Gasteiger partial charge is 0.384 e. The summed E-state index contributed by atoms with van der Waals surface area (Å²) in [5.74, 6) is 4.86. The van der Waals surface area contributed by atoms with Gasteiger partial charge in [0.2, 0.25) is 0 Å². The molecule has 0 aliphatic heterocycles. The quantitative estimate of drug-likeness (QED) is 0.556. The number of hydrogen-bond donors (Lipinski definition) is 0. The SMILES string of the molecule is COCCSc1nnc(C23CC4CC(CC(C4)C2)C3)n1-c1ccccc1. The number of benzene rings is 1. The maximum Gasteiger partial charge on any atom is 0.195 e. The van der Waals surface area contributed by atoms with Crippen LogP contribution in [-0.4, -0.2) is 34.2 Å². The molecule has 0 spiro atoms. The summed E-state index contributed by atoms with van der Waals surface area (Å²) in [6.45, 7) is 0.735. The molecular formula is C21H27N3OS. The van der Waals surface area contributed by atoms with Crippen molar-refractivity contribution >= 4 is 11.8 Å². The van der Waals surface area contributed by atoms with Gasteiger partial charge in [-0.2, -0.15) is 0 Å². The summed E-state index contributed by atoms with van der Waals surface area (Å²) in [7, 11) is 1.75. The van der Waals surface area contributed by atoms with Crippen molar-refractivity contribution in [2.24, 2.45) is 17.8 Å². The topological polar surface area (TPSA) is 39.9 Å². The van der Waals surface area contributed by atoms with Gasteiger partial charge in [-0.25, -0.2) is 0 Å². The van der Waals surface area contributed by atoms with Crippen molar-refractivity contribution in [2.75, 3.05) is 19.5 Å². The summed E-state index contributed by atoms with van der Waals surface area (Å²) in [4.78, 5) is 0. The first-order valence-corrected chi connectivity index (χ1v) is 10.9. The van der Waals surface area contributed by atoms with E-state index < -0.39 is 0 Å². The maximum absolute atomic E-state index is 5.24. The second-order valence-electron chi connectivity index (χ2n) is 8.52. The summed E-state index contributed by atoms with van der Waals surface area (Å²) < 4.78 is 7.59. The van der Waals surface area contributed by atoms with Gasteiger partial charge in [0.15, 0.2) is 5.16 Å². The molecule has 1 aromatic heterocycles. The van der Waals surface area contributed by atoms with E-state index in [0.29, 0.717) is 0 Å². The monoisotopic (exact) mass is 369 g/mol. The lowest BCUT2D eigenvalue weighted by molar-refractivity contribution is -0.0103. The van der Waals surface area contributed by atoms with Crippen molar-refractivity contribution in [3.8, 4) is 5.69 Å². The fraction of sp³-hybridized carbons (Fsp3) is 0.619. The zero-order chi connectivity index (χ0) is 17.6. The molecule has 138 valence electrons. The van der Waals surface area contributed by atoms with Crippen molar-refractivity contribution in [2.45, 2.75) is 49.1 Å². The Morgan fingerprint density at radius 3 is 2.31 bits per heavy atom. The molecule has 4 aliphatic carbocycles. The van der Waals surface area contributed by atoms with Gasteiger partial charge in [-0.05, 0) is 68.4 Å². The third kappa shape index (κ3) is 2.80. The number of rotatable bonds is 6. The molecule has 0 saturated heterocycles. The number of thioether (sulfide) groups is 1. The molecule has 4 aliphatic rings. The van der Waals surface area contributed by atoms with E-state index in [4.69, 9.17) is 9.84 Å². The summed E-state index contributed by atoms with van der Waals surface area (Å²) in [6, 6.07) is 10.7. The Balaban J connectivity index is 1.56. The highest BCUT2D eigenvalue weighted by Gasteiger charge is 2.54. The number of nitrogens with zero attached hydrogens (tertiary/aromatic N) is 3. The first-order chi connectivity index (χ1) is 12.8. The predicted octanol–water partition coefficient (Wildman–Crippen LogP) is 4.47. The van der Waals surface area contributed by atoms with Crippen LogP contribution in [0.25, 0.3) is 5.69 Å². The average Bonchev–Trinajstić information content (AvgIpc) is 3.06. The maximum atomic E-state index is 5.24. The summed E-state index contributed by atoms with van der Waals surface area (Å²) in [5, 5.41) is 10.5. The lowest BCUT2D eigenvalue weighted by Crippen LogP contribution is -2.49. The average molecular weight is 370 g/mol. The molecule has 1 heterocycles. The van der Waals surface area contributed by atoms with Crippen molar-refractivity contribution in [1.29, 1.82) is 0 Å². The van der Waals surface area contributed by atoms with Gasteiger partial charge in [0.05, 0.1) is 6.61 Å². The molecule has 4 bridgehead atoms. The van der Waals surface area contributed by atoms with Crippen molar-refractivity contribution in [3.63, 3.8) is 0 Å². The van der Waals surface area contributed by atoms with Crippen LogP contribution < -0.4 is 0 Å². The van der Waals surface area contributed by atoms with Gasteiger partial charge in [0, 0.05) is 24.0 Å².